The van der Waals surface area contributed by atoms with Crippen LogP contribution < -0.4 is 10.9 Å². The van der Waals surface area contributed by atoms with Crippen molar-refractivity contribution in [1.82, 2.24) is 5.43 Å². The molecule has 0 saturated carbocycles. The number of benzene rings is 2. The first-order chi connectivity index (χ1) is 8.75. The van der Waals surface area contributed by atoms with Gasteiger partial charge < -0.3 is 0 Å². The van der Waals surface area contributed by atoms with Crippen molar-refractivity contribution in [3.8, 4) is 0 Å². The summed E-state index contributed by atoms with van der Waals surface area (Å²) in [5.41, 5.74) is 7.38. The topological polar surface area (TPSA) is 41.1 Å². The first kappa shape index (κ1) is 12.6. The van der Waals surface area contributed by atoms with Gasteiger partial charge in [0.05, 0.1) is 12.1 Å². The van der Waals surface area contributed by atoms with Crippen molar-refractivity contribution in [1.29, 1.82) is 0 Å². The molecule has 0 fully saturated rings. The fourth-order valence-corrected chi connectivity index (χ4v) is 1.91. The summed E-state index contributed by atoms with van der Waals surface area (Å²) >= 11 is 3.40. The number of para-hydroxylation sites is 1. The maximum Gasteiger partial charge on any atom is 0.242 e. The van der Waals surface area contributed by atoms with Gasteiger partial charge in [-0.05, 0) is 33.6 Å². The van der Waals surface area contributed by atoms with E-state index in [1.807, 2.05) is 54.6 Å². The van der Waals surface area contributed by atoms with E-state index in [0.29, 0.717) is 6.42 Å². The zero-order valence-electron chi connectivity index (χ0n) is 9.69. The lowest BCUT2D eigenvalue weighted by Crippen LogP contribution is -2.30. The monoisotopic (exact) mass is 304 g/mol. The second-order valence-corrected chi connectivity index (χ2v) is 4.67. The molecule has 0 atom stereocenters. The highest BCUT2D eigenvalue weighted by Gasteiger charge is 2.03. The third-order valence-electron chi connectivity index (χ3n) is 2.42. The summed E-state index contributed by atoms with van der Waals surface area (Å²) in [5.74, 6) is -0.0723. The second-order valence-electron chi connectivity index (χ2n) is 3.82. The van der Waals surface area contributed by atoms with Crippen LogP contribution in [-0.4, -0.2) is 5.91 Å². The minimum atomic E-state index is -0.0723. The standard InChI is InChI=1S/C14H13BrN2O/c15-12-8-4-5-9-13(12)16-17-14(18)10-11-6-2-1-3-7-11/h1-9,16H,10H2,(H,17,18). The average Bonchev–Trinajstić information content (AvgIpc) is 2.39. The molecule has 0 aliphatic rings. The minimum absolute atomic E-state index is 0.0723. The Balaban J connectivity index is 1.88. The summed E-state index contributed by atoms with van der Waals surface area (Å²) in [5, 5.41) is 0. The van der Waals surface area contributed by atoms with Crippen LogP contribution in [0.3, 0.4) is 0 Å². The van der Waals surface area contributed by atoms with Gasteiger partial charge in [-0.3, -0.25) is 15.6 Å². The molecule has 92 valence electrons. The van der Waals surface area contributed by atoms with Gasteiger partial charge in [0.15, 0.2) is 0 Å². The van der Waals surface area contributed by atoms with E-state index in [2.05, 4.69) is 26.8 Å². The lowest BCUT2D eigenvalue weighted by Gasteiger charge is -2.09. The summed E-state index contributed by atoms with van der Waals surface area (Å²) in [7, 11) is 0. The zero-order valence-corrected chi connectivity index (χ0v) is 11.3. The highest BCUT2D eigenvalue weighted by molar-refractivity contribution is 9.10. The summed E-state index contributed by atoms with van der Waals surface area (Å²) in [6.07, 6.45) is 0.359. The zero-order chi connectivity index (χ0) is 12.8. The third-order valence-corrected chi connectivity index (χ3v) is 3.11. The van der Waals surface area contributed by atoms with E-state index in [-0.39, 0.29) is 5.91 Å². The van der Waals surface area contributed by atoms with E-state index in [4.69, 9.17) is 0 Å². The molecule has 3 nitrogen and oxygen atoms in total. The fraction of sp³-hybridized carbons (Fsp3) is 0.0714. The normalized spacial score (nSPS) is 9.83. The van der Waals surface area contributed by atoms with E-state index in [1.165, 1.54) is 0 Å². The van der Waals surface area contributed by atoms with Crippen LogP contribution in [0.2, 0.25) is 0 Å². The average molecular weight is 305 g/mol. The van der Waals surface area contributed by atoms with Gasteiger partial charge in [-0.2, -0.15) is 0 Å². The van der Waals surface area contributed by atoms with Crippen LogP contribution in [0.4, 0.5) is 5.69 Å². The SMILES string of the molecule is O=C(Cc1ccccc1)NNc1ccccc1Br. The Hall–Kier alpha value is -1.81. The van der Waals surface area contributed by atoms with Crippen molar-refractivity contribution in [3.63, 3.8) is 0 Å². The van der Waals surface area contributed by atoms with E-state index in [9.17, 15) is 4.79 Å². The predicted octanol–water partition coefficient (Wildman–Crippen LogP) is 3.13. The van der Waals surface area contributed by atoms with Crippen LogP contribution in [0.25, 0.3) is 0 Å². The maximum absolute atomic E-state index is 11.7. The number of amides is 1. The summed E-state index contributed by atoms with van der Waals surface area (Å²) < 4.78 is 0.907. The molecular formula is C14H13BrN2O. The van der Waals surface area contributed by atoms with Gasteiger partial charge >= 0.3 is 0 Å². The van der Waals surface area contributed by atoms with Crippen LogP contribution in [0, 0.1) is 0 Å². The van der Waals surface area contributed by atoms with Crippen molar-refractivity contribution < 1.29 is 4.79 Å². The Kier molecular flexibility index (Phi) is 4.36. The van der Waals surface area contributed by atoms with Crippen molar-refractivity contribution in [3.05, 3.63) is 64.6 Å². The Bertz CT molecular complexity index is 528. The molecule has 4 heteroatoms. The first-order valence-electron chi connectivity index (χ1n) is 5.59. The van der Waals surface area contributed by atoms with Gasteiger partial charge in [0.2, 0.25) is 5.91 Å². The molecule has 0 aromatic heterocycles. The van der Waals surface area contributed by atoms with Gasteiger partial charge in [0, 0.05) is 4.47 Å². The Morgan fingerprint density at radius 1 is 1.00 bits per heavy atom. The summed E-state index contributed by atoms with van der Waals surface area (Å²) in [6, 6.07) is 17.2. The lowest BCUT2D eigenvalue weighted by atomic mass is 10.1. The number of hydrogen-bond acceptors (Lipinski definition) is 2. The molecule has 0 spiro atoms. The Morgan fingerprint density at radius 2 is 1.67 bits per heavy atom. The highest BCUT2D eigenvalue weighted by Crippen LogP contribution is 2.20. The number of nitrogens with one attached hydrogen (secondary N) is 2. The smallest absolute Gasteiger partial charge is 0.242 e. The molecule has 0 radical (unpaired) electrons. The number of anilines is 1. The van der Waals surface area contributed by atoms with E-state index >= 15 is 0 Å². The van der Waals surface area contributed by atoms with Gasteiger partial charge in [-0.25, -0.2) is 0 Å². The molecule has 0 heterocycles. The number of hydrogen-bond donors (Lipinski definition) is 2. The van der Waals surface area contributed by atoms with Gasteiger partial charge in [0.1, 0.15) is 0 Å². The highest BCUT2D eigenvalue weighted by atomic mass is 79.9. The van der Waals surface area contributed by atoms with Gasteiger partial charge in [-0.1, -0.05) is 42.5 Å². The lowest BCUT2D eigenvalue weighted by molar-refractivity contribution is -0.119. The van der Waals surface area contributed by atoms with Crippen molar-refractivity contribution >= 4 is 27.5 Å². The number of carbonyl (C=O) groups excluding carboxylic acids is 1. The molecule has 0 saturated heterocycles. The van der Waals surface area contributed by atoms with Crippen LogP contribution in [0.5, 0.6) is 0 Å². The molecular weight excluding hydrogens is 292 g/mol. The molecule has 2 rings (SSSR count). The van der Waals surface area contributed by atoms with Crippen molar-refractivity contribution in [2.24, 2.45) is 0 Å². The van der Waals surface area contributed by atoms with Crippen molar-refractivity contribution in [2.75, 3.05) is 5.43 Å². The summed E-state index contributed by atoms with van der Waals surface area (Å²) in [4.78, 5) is 11.7. The number of hydrazine groups is 1. The third kappa shape index (κ3) is 3.60. The molecule has 2 aromatic carbocycles. The predicted molar refractivity (Wildman–Crippen MR) is 76.1 cm³/mol. The van der Waals surface area contributed by atoms with E-state index in [1.54, 1.807) is 0 Å². The number of rotatable bonds is 4. The Labute approximate surface area is 114 Å². The fourth-order valence-electron chi connectivity index (χ4n) is 1.53. The van der Waals surface area contributed by atoms with Crippen LogP contribution >= 0.6 is 15.9 Å². The minimum Gasteiger partial charge on any atom is -0.297 e. The molecule has 1 amide bonds. The van der Waals surface area contributed by atoms with Crippen molar-refractivity contribution in [2.45, 2.75) is 6.42 Å². The Morgan fingerprint density at radius 3 is 2.39 bits per heavy atom. The molecule has 2 N–H and O–H groups in total. The molecule has 18 heavy (non-hydrogen) atoms. The van der Waals surface area contributed by atoms with Crippen LogP contribution in [0.1, 0.15) is 5.56 Å². The van der Waals surface area contributed by atoms with Gasteiger partial charge in [-0.15, -0.1) is 0 Å². The molecule has 0 aliphatic heterocycles. The second kappa shape index (κ2) is 6.21. The molecule has 0 aliphatic carbocycles. The number of halogens is 1. The summed E-state index contributed by atoms with van der Waals surface area (Å²) in [6.45, 7) is 0. The largest absolute Gasteiger partial charge is 0.297 e. The molecule has 0 unspecified atom stereocenters. The molecule has 2 aromatic rings. The maximum atomic E-state index is 11.7. The van der Waals surface area contributed by atoms with Crippen LogP contribution in [-0.2, 0) is 11.2 Å². The van der Waals surface area contributed by atoms with Crippen LogP contribution in [0.15, 0.2) is 59.1 Å². The van der Waals surface area contributed by atoms with Gasteiger partial charge in [0.25, 0.3) is 0 Å². The molecule has 0 bridgehead atoms. The number of carbonyl (C=O) groups is 1. The van der Waals surface area contributed by atoms with E-state index in [0.717, 1.165) is 15.7 Å². The first-order valence-corrected chi connectivity index (χ1v) is 6.38. The van der Waals surface area contributed by atoms with E-state index < -0.39 is 0 Å². The quantitative estimate of drug-likeness (QED) is 0.852.